The number of hydrogen-bond donors (Lipinski definition) is 1. The molecule has 2 heterocycles. The molecule has 1 saturated carbocycles. The number of rotatable bonds is 1. The fourth-order valence-corrected chi connectivity index (χ4v) is 2.24. The van der Waals surface area contributed by atoms with E-state index in [0.29, 0.717) is 0 Å². The van der Waals surface area contributed by atoms with Crippen LogP contribution in [0.2, 0.25) is 0 Å². The number of hydrogen-bond acceptors (Lipinski definition) is 2. The van der Waals surface area contributed by atoms with Crippen LogP contribution in [0.3, 0.4) is 0 Å². The summed E-state index contributed by atoms with van der Waals surface area (Å²) >= 11 is 0. The lowest BCUT2D eigenvalue weighted by Gasteiger charge is -2.29. The lowest BCUT2D eigenvalue weighted by molar-refractivity contribution is 0.305. The van der Waals surface area contributed by atoms with Crippen LogP contribution >= 0.6 is 0 Å². The van der Waals surface area contributed by atoms with Gasteiger partial charge in [-0.3, -0.25) is 0 Å². The van der Waals surface area contributed by atoms with Crippen molar-refractivity contribution < 1.29 is 0 Å². The van der Waals surface area contributed by atoms with E-state index in [0.717, 1.165) is 25.6 Å². The van der Waals surface area contributed by atoms with Gasteiger partial charge in [-0.25, -0.2) is 4.98 Å². The largest absolute Gasteiger partial charge is 0.331 e. The van der Waals surface area contributed by atoms with Gasteiger partial charge in [0.2, 0.25) is 0 Å². The second-order valence-electron chi connectivity index (χ2n) is 4.06. The first-order valence-corrected chi connectivity index (χ1v) is 5.20. The normalized spacial score (nSPS) is 22.5. The Labute approximate surface area is 78.2 Å². The van der Waals surface area contributed by atoms with Crippen molar-refractivity contribution in [3.63, 3.8) is 0 Å². The maximum atomic E-state index is 4.46. The van der Waals surface area contributed by atoms with E-state index >= 15 is 0 Å². The van der Waals surface area contributed by atoms with E-state index in [1.165, 1.54) is 30.7 Å². The summed E-state index contributed by atoms with van der Waals surface area (Å²) in [4.78, 5) is 4.46. The summed E-state index contributed by atoms with van der Waals surface area (Å²) in [6, 6.07) is 0.773. The van der Waals surface area contributed by atoms with Crippen LogP contribution < -0.4 is 5.32 Å². The third-order valence-electron chi connectivity index (χ3n) is 3.28. The summed E-state index contributed by atoms with van der Waals surface area (Å²) in [6.07, 6.45) is 7.32. The summed E-state index contributed by atoms with van der Waals surface area (Å²) in [7, 11) is 0. The van der Waals surface area contributed by atoms with Crippen LogP contribution in [0.15, 0.2) is 6.33 Å². The molecule has 70 valence electrons. The highest BCUT2D eigenvalue weighted by atomic mass is 15.1. The summed E-state index contributed by atoms with van der Waals surface area (Å²) in [5, 5.41) is 3.35. The first kappa shape index (κ1) is 7.56. The molecule has 0 radical (unpaired) electrons. The van der Waals surface area contributed by atoms with Gasteiger partial charge in [0.25, 0.3) is 0 Å². The molecule has 1 aliphatic carbocycles. The zero-order valence-electron chi connectivity index (χ0n) is 7.79. The van der Waals surface area contributed by atoms with Crippen molar-refractivity contribution >= 4 is 0 Å². The van der Waals surface area contributed by atoms with Gasteiger partial charge in [0, 0.05) is 31.2 Å². The van der Waals surface area contributed by atoms with E-state index in [2.05, 4.69) is 14.9 Å². The van der Waals surface area contributed by atoms with Gasteiger partial charge in [-0.05, 0) is 19.3 Å². The van der Waals surface area contributed by atoms with Crippen molar-refractivity contribution in [2.45, 2.75) is 38.3 Å². The van der Waals surface area contributed by atoms with Crippen LogP contribution in [-0.4, -0.2) is 16.1 Å². The Kier molecular flexibility index (Phi) is 1.65. The van der Waals surface area contributed by atoms with E-state index in [1.54, 1.807) is 0 Å². The molecule has 1 aliphatic heterocycles. The first-order valence-electron chi connectivity index (χ1n) is 5.20. The van der Waals surface area contributed by atoms with E-state index in [1.807, 2.05) is 6.33 Å². The number of imidazole rings is 1. The van der Waals surface area contributed by atoms with E-state index in [4.69, 9.17) is 0 Å². The second kappa shape index (κ2) is 2.84. The Morgan fingerprint density at radius 3 is 3.15 bits per heavy atom. The average Bonchev–Trinajstić information content (AvgIpc) is 2.47. The van der Waals surface area contributed by atoms with Crippen LogP contribution in [-0.2, 0) is 13.0 Å². The highest BCUT2D eigenvalue weighted by Crippen LogP contribution is 2.33. The minimum atomic E-state index is 0.773. The third-order valence-corrected chi connectivity index (χ3v) is 3.28. The summed E-state index contributed by atoms with van der Waals surface area (Å²) in [5.74, 6) is 0. The molecular formula is C10H15N3. The fourth-order valence-electron chi connectivity index (χ4n) is 2.24. The van der Waals surface area contributed by atoms with Crippen molar-refractivity contribution in [3.05, 3.63) is 17.7 Å². The Bertz CT molecular complexity index is 312. The van der Waals surface area contributed by atoms with Gasteiger partial charge in [0.15, 0.2) is 0 Å². The fraction of sp³-hybridized carbons (Fsp3) is 0.700. The van der Waals surface area contributed by atoms with Crippen molar-refractivity contribution in [3.8, 4) is 0 Å². The molecule has 1 aromatic rings. The quantitative estimate of drug-likeness (QED) is 0.699. The topological polar surface area (TPSA) is 29.9 Å². The number of aromatic nitrogens is 2. The van der Waals surface area contributed by atoms with Gasteiger partial charge < -0.3 is 9.88 Å². The molecule has 0 amide bonds. The molecule has 1 fully saturated rings. The average molecular weight is 177 g/mol. The summed E-state index contributed by atoms with van der Waals surface area (Å²) in [5.41, 5.74) is 2.77. The molecule has 0 spiro atoms. The highest BCUT2D eigenvalue weighted by molar-refractivity contribution is 5.17. The molecule has 1 aromatic heterocycles. The van der Waals surface area contributed by atoms with Gasteiger partial charge in [-0.15, -0.1) is 0 Å². The van der Waals surface area contributed by atoms with Crippen LogP contribution in [0.1, 0.15) is 36.7 Å². The minimum Gasteiger partial charge on any atom is -0.331 e. The summed E-state index contributed by atoms with van der Waals surface area (Å²) < 4.78 is 2.42. The Balaban J connectivity index is 1.95. The van der Waals surface area contributed by atoms with Crippen LogP contribution in [0.5, 0.6) is 0 Å². The lowest BCUT2D eigenvalue weighted by atomic mass is 9.92. The SMILES string of the molecule is c1nc2c(n1C1CCC1)CCNC2. The Morgan fingerprint density at radius 1 is 1.46 bits per heavy atom. The monoisotopic (exact) mass is 177 g/mol. The molecule has 0 atom stereocenters. The summed E-state index contributed by atoms with van der Waals surface area (Å²) in [6.45, 7) is 2.08. The molecule has 13 heavy (non-hydrogen) atoms. The molecule has 2 aliphatic rings. The zero-order chi connectivity index (χ0) is 8.67. The molecule has 3 nitrogen and oxygen atoms in total. The Hall–Kier alpha value is -0.830. The standard InChI is InChI=1S/C10H15N3/c1-2-8(3-1)13-7-12-9-6-11-5-4-10(9)13/h7-8,11H,1-6H2. The maximum Gasteiger partial charge on any atom is 0.0954 e. The second-order valence-corrected chi connectivity index (χ2v) is 4.06. The first-order chi connectivity index (χ1) is 6.45. The van der Waals surface area contributed by atoms with Gasteiger partial charge in [0.1, 0.15) is 0 Å². The molecule has 0 bridgehead atoms. The predicted octanol–water partition coefficient (Wildman–Crippen LogP) is 1.25. The van der Waals surface area contributed by atoms with E-state index < -0.39 is 0 Å². The molecule has 1 N–H and O–H groups in total. The van der Waals surface area contributed by atoms with Crippen LogP contribution in [0.4, 0.5) is 0 Å². The molecule has 3 heteroatoms. The lowest BCUT2D eigenvalue weighted by Crippen LogP contribution is -2.27. The number of nitrogens with one attached hydrogen (secondary N) is 1. The molecule has 3 rings (SSSR count). The van der Waals surface area contributed by atoms with Crippen LogP contribution in [0.25, 0.3) is 0 Å². The van der Waals surface area contributed by atoms with Crippen LogP contribution in [0, 0.1) is 0 Å². The number of fused-ring (bicyclic) bond motifs is 1. The third kappa shape index (κ3) is 1.10. The smallest absolute Gasteiger partial charge is 0.0954 e. The molecule has 0 saturated heterocycles. The van der Waals surface area contributed by atoms with Crippen molar-refractivity contribution in [2.24, 2.45) is 0 Å². The van der Waals surface area contributed by atoms with E-state index in [9.17, 15) is 0 Å². The van der Waals surface area contributed by atoms with Gasteiger partial charge in [-0.1, -0.05) is 0 Å². The Morgan fingerprint density at radius 2 is 2.38 bits per heavy atom. The molecular weight excluding hydrogens is 162 g/mol. The van der Waals surface area contributed by atoms with E-state index in [-0.39, 0.29) is 0 Å². The van der Waals surface area contributed by atoms with Crippen molar-refractivity contribution in [1.82, 2.24) is 14.9 Å². The van der Waals surface area contributed by atoms with Crippen molar-refractivity contribution in [1.29, 1.82) is 0 Å². The highest BCUT2D eigenvalue weighted by Gasteiger charge is 2.24. The van der Waals surface area contributed by atoms with Gasteiger partial charge in [0.05, 0.1) is 12.0 Å². The predicted molar refractivity (Wildman–Crippen MR) is 50.5 cm³/mol. The maximum absolute atomic E-state index is 4.46. The molecule has 0 unspecified atom stereocenters. The van der Waals surface area contributed by atoms with Gasteiger partial charge >= 0.3 is 0 Å². The number of nitrogens with zero attached hydrogens (tertiary/aromatic N) is 2. The van der Waals surface area contributed by atoms with Crippen molar-refractivity contribution in [2.75, 3.05) is 6.54 Å². The van der Waals surface area contributed by atoms with Gasteiger partial charge in [-0.2, -0.15) is 0 Å². The minimum absolute atomic E-state index is 0.773. The zero-order valence-corrected chi connectivity index (χ0v) is 7.79. The molecule has 0 aromatic carbocycles.